The van der Waals surface area contributed by atoms with Crippen LogP contribution < -0.4 is 10.2 Å². The van der Waals surface area contributed by atoms with E-state index in [2.05, 4.69) is 15.4 Å². The minimum Gasteiger partial charge on any atom is -0.495 e. The highest BCUT2D eigenvalue weighted by Crippen LogP contribution is 2.38. The van der Waals surface area contributed by atoms with Crippen molar-refractivity contribution in [1.29, 1.82) is 0 Å². The number of guanidine groups is 1. The Bertz CT molecular complexity index is 1190. The molecule has 2 aromatic carbocycles. The summed E-state index contributed by atoms with van der Waals surface area (Å²) in [4.78, 5) is 23.3. The fourth-order valence-corrected chi connectivity index (χ4v) is 4.63. The smallest absolute Gasteiger partial charge is 0.266 e. The summed E-state index contributed by atoms with van der Waals surface area (Å²) in [5.74, 6) is -3.21. The zero-order valence-corrected chi connectivity index (χ0v) is 17.8. The van der Waals surface area contributed by atoms with Crippen LogP contribution in [0.15, 0.2) is 58.2 Å². The Hall–Kier alpha value is -3.33. The maximum atomic E-state index is 14.9. The number of nitrogens with one attached hydrogen (secondary N) is 1. The summed E-state index contributed by atoms with van der Waals surface area (Å²) >= 11 is 0. The van der Waals surface area contributed by atoms with E-state index in [1.54, 1.807) is 17.2 Å². The van der Waals surface area contributed by atoms with Crippen molar-refractivity contribution in [3.8, 4) is 5.75 Å². The normalized spacial score (nSPS) is 22.2. The fraction of sp³-hybridized carbons (Fsp3) is 0.348. The van der Waals surface area contributed by atoms with Crippen LogP contribution in [-0.4, -0.2) is 60.3 Å². The lowest BCUT2D eigenvalue weighted by molar-refractivity contribution is -0.0725. The lowest BCUT2D eigenvalue weighted by Gasteiger charge is -2.41. The Balaban J connectivity index is 1.49. The molecule has 1 unspecified atom stereocenters. The molecule has 3 heterocycles. The zero-order chi connectivity index (χ0) is 22.5. The molecule has 0 radical (unpaired) electrons. The Morgan fingerprint density at radius 1 is 1.25 bits per heavy atom. The number of hydrazine groups is 1. The average molecular weight is 439 g/mol. The number of nitrogens with zero attached hydrogens (tertiary/aromatic N) is 4. The third-order valence-corrected chi connectivity index (χ3v) is 5.97. The van der Waals surface area contributed by atoms with Crippen molar-refractivity contribution >= 4 is 28.4 Å². The Morgan fingerprint density at radius 3 is 2.88 bits per heavy atom. The van der Waals surface area contributed by atoms with E-state index < -0.39 is 24.3 Å². The van der Waals surface area contributed by atoms with Crippen LogP contribution in [-0.2, 0) is 0 Å². The predicted octanol–water partition coefficient (Wildman–Crippen LogP) is 3.44. The highest BCUT2D eigenvalue weighted by Gasteiger charge is 2.45. The topological polar surface area (TPSA) is 69.5 Å². The van der Waals surface area contributed by atoms with Gasteiger partial charge in [-0.15, -0.1) is 0 Å². The summed E-state index contributed by atoms with van der Waals surface area (Å²) in [7, 11) is 1.49. The first-order valence-electron chi connectivity index (χ1n) is 10.4. The number of hydrogen-bond acceptors (Lipinski definition) is 6. The Kier molecular flexibility index (Phi) is 4.93. The molecule has 166 valence electrons. The van der Waals surface area contributed by atoms with Crippen LogP contribution in [0.1, 0.15) is 23.7 Å². The van der Waals surface area contributed by atoms with Gasteiger partial charge in [-0.3, -0.25) is 4.79 Å². The van der Waals surface area contributed by atoms with E-state index in [9.17, 15) is 13.6 Å². The number of methoxy groups -OCH3 is 1. The fourth-order valence-electron chi connectivity index (χ4n) is 4.63. The second-order valence-corrected chi connectivity index (χ2v) is 8.24. The van der Waals surface area contributed by atoms with Crippen molar-refractivity contribution < 1.29 is 18.3 Å². The van der Waals surface area contributed by atoms with Crippen LogP contribution in [0.25, 0.3) is 10.8 Å². The molecule has 3 aliphatic rings. The third kappa shape index (κ3) is 3.52. The molecule has 5 rings (SSSR count). The SMILES string of the molecule is COc1c(C(=O)N2CC(C3=CC(C)=NC4=NCNN34)CC(F)(F)C2)ccc2ccccc12. The monoisotopic (exact) mass is 439 g/mol. The molecule has 1 saturated heterocycles. The van der Waals surface area contributed by atoms with Gasteiger partial charge in [0.15, 0.2) is 0 Å². The number of aliphatic imine (C=N–C) groups is 2. The molecule has 1 N–H and O–H groups in total. The van der Waals surface area contributed by atoms with Gasteiger partial charge < -0.3 is 9.64 Å². The highest BCUT2D eigenvalue weighted by atomic mass is 19.3. The van der Waals surface area contributed by atoms with E-state index in [1.807, 2.05) is 37.3 Å². The second-order valence-electron chi connectivity index (χ2n) is 8.24. The third-order valence-electron chi connectivity index (χ3n) is 5.97. The molecule has 2 aromatic rings. The molecular weight excluding hydrogens is 416 g/mol. The number of rotatable bonds is 3. The van der Waals surface area contributed by atoms with Crippen molar-refractivity contribution in [2.75, 3.05) is 26.9 Å². The predicted molar refractivity (Wildman–Crippen MR) is 118 cm³/mol. The number of halogens is 2. The van der Waals surface area contributed by atoms with Gasteiger partial charge in [-0.1, -0.05) is 30.3 Å². The summed E-state index contributed by atoms with van der Waals surface area (Å²) in [5.41, 5.74) is 4.68. The number of benzene rings is 2. The van der Waals surface area contributed by atoms with Crippen LogP contribution in [0.5, 0.6) is 5.75 Å². The summed E-state index contributed by atoms with van der Waals surface area (Å²) in [5, 5.41) is 3.33. The number of allylic oxidation sites excluding steroid dienone is 1. The number of piperidine rings is 1. The van der Waals surface area contributed by atoms with Crippen molar-refractivity contribution in [2.24, 2.45) is 15.9 Å². The van der Waals surface area contributed by atoms with Crippen LogP contribution in [0.4, 0.5) is 8.78 Å². The van der Waals surface area contributed by atoms with Crippen LogP contribution >= 0.6 is 0 Å². The highest BCUT2D eigenvalue weighted by molar-refractivity contribution is 6.06. The summed E-state index contributed by atoms with van der Waals surface area (Å²) in [6.45, 7) is 1.67. The van der Waals surface area contributed by atoms with Gasteiger partial charge in [-0.2, -0.15) is 0 Å². The molecule has 9 heteroatoms. The number of fused-ring (bicyclic) bond motifs is 2. The first-order chi connectivity index (χ1) is 15.4. The van der Waals surface area contributed by atoms with Crippen molar-refractivity contribution in [2.45, 2.75) is 19.3 Å². The van der Waals surface area contributed by atoms with E-state index in [4.69, 9.17) is 4.74 Å². The Morgan fingerprint density at radius 2 is 2.06 bits per heavy atom. The van der Waals surface area contributed by atoms with Gasteiger partial charge >= 0.3 is 0 Å². The van der Waals surface area contributed by atoms with E-state index in [0.29, 0.717) is 29.8 Å². The Labute approximate surface area is 184 Å². The molecule has 0 saturated carbocycles. The number of amides is 1. The number of hydrogen-bond donors (Lipinski definition) is 1. The lowest BCUT2D eigenvalue weighted by Crippen LogP contribution is -2.53. The molecule has 3 aliphatic heterocycles. The van der Waals surface area contributed by atoms with E-state index in [1.165, 1.54) is 12.0 Å². The van der Waals surface area contributed by atoms with Gasteiger partial charge in [0, 0.05) is 35.7 Å². The zero-order valence-electron chi connectivity index (χ0n) is 17.8. The maximum Gasteiger partial charge on any atom is 0.266 e. The van der Waals surface area contributed by atoms with Crippen molar-refractivity contribution in [3.63, 3.8) is 0 Å². The molecule has 0 bridgehead atoms. The minimum atomic E-state index is -3.02. The number of likely N-dealkylation sites (tertiary alicyclic amines) is 1. The quantitative estimate of drug-likeness (QED) is 0.796. The molecular formula is C23H23F2N5O2. The minimum absolute atomic E-state index is 0.162. The van der Waals surface area contributed by atoms with Gasteiger partial charge in [0.05, 0.1) is 19.2 Å². The van der Waals surface area contributed by atoms with Gasteiger partial charge in [0.2, 0.25) is 5.96 Å². The maximum absolute atomic E-state index is 14.9. The first kappa shape index (κ1) is 20.6. The van der Waals surface area contributed by atoms with Crippen LogP contribution in [0.2, 0.25) is 0 Å². The van der Waals surface area contributed by atoms with Gasteiger partial charge in [-0.25, -0.2) is 29.2 Å². The molecule has 1 amide bonds. The molecule has 1 atom stereocenters. The van der Waals surface area contributed by atoms with Gasteiger partial charge in [0.25, 0.3) is 11.8 Å². The lowest BCUT2D eigenvalue weighted by atomic mass is 9.90. The van der Waals surface area contributed by atoms with E-state index >= 15 is 0 Å². The van der Waals surface area contributed by atoms with Crippen molar-refractivity contribution in [1.82, 2.24) is 15.3 Å². The molecule has 7 nitrogen and oxygen atoms in total. The molecule has 1 fully saturated rings. The number of carbonyl (C=O) groups is 1. The van der Waals surface area contributed by atoms with Crippen LogP contribution in [0.3, 0.4) is 0 Å². The van der Waals surface area contributed by atoms with Crippen LogP contribution in [0, 0.1) is 5.92 Å². The average Bonchev–Trinajstić information content (AvgIpc) is 3.24. The first-order valence-corrected chi connectivity index (χ1v) is 10.4. The summed E-state index contributed by atoms with van der Waals surface area (Å²) < 4.78 is 35.3. The molecule has 0 spiro atoms. The van der Waals surface area contributed by atoms with Crippen molar-refractivity contribution in [3.05, 3.63) is 53.7 Å². The number of alkyl halides is 2. The van der Waals surface area contributed by atoms with E-state index in [-0.39, 0.29) is 18.5 Å². The standard InChI is InChI=1S/C23H23F2N5O2/c1-14-9-19(30-22(28-14)26-13-27-30)16-10-23(24,25)12-29(11-16)21(31)18-8-7-15-5-3-4-6-17(15)20(18)32-2/h3-9,16,27H,10-13H2,1-2H3. The number of carbonyl (C=O) groups excluding carboxylic acids is 1. The largest absolute Gasteiger partial charge is 0.495 e. The van der Waals surface area contributed by atoms with E-state index in [0.717, 1.165) is 10.8 Å². The second kappa shape index (κ2) is 7.67. The van der Waals surface area contributed by atoms with Gasteiger partial charge in [-0.05, 0) is 24.5 Å². The molecule has 0 aromatic heterocycles. The summed E-state index contributed by atoms with van der Waals surface area (Å²) in [6.07, 6.45) is 1.43. The number of ether oxygens (including phenoxy) is 1. The molecule has 0 aliphatic carbocycles. The van der Waals surface area contributed by atoms with Gasteiger partial charge in [0.1, 0.15) is 12.4 Å². The summed E-state index contributed by atoms with van der Waals surface area (Å²) in [6, 6.07) is 11.0. The molecule has 32 heavy (non-hydrogen) atoms.